The van der Waals surface area contributed by atoms with Gasteiger partial charge in [0.1, 0.15) is 0 Å². The van der Waals surface area contributed by atoms with Gasteiger partial charge in [-0.1, -0.05) is 35.9 Å². The van der Waals surface area contributed by atoms with E-state index in [0.717, 1.165) is 11.1 Å². The van der Waals surface area contributed by atoms with E-state index in [2.05, 4.69) is 10.6 Å². The molecule has 0 saturated carbocycles. The van der Waals surface area contributed by atoms with Crippen molar-refractivity contribution in [1.82, 2.24) is 5.32 Å². The van der Waals surface area contributed by atoms with Gasteiger partial charge in [-0.15, -0.1) is 0 Å². The van der Waals surface area contributed by atoms with Crippen molar-refractivity contribution in [3.05, 3.63) is 116 Å². The number of ketones is 1. The van der Waals surface area contributed by atoms with Crippen LogP contribution >= 0.6 is 0 Å². The lowest BCUT2D eigenvalue weighted by Gasteiger charge is -2.37. The van der Waals surface area contributed by atoms with Gasteiger partial charge < -0.3 is 20.1 Å². The van der Waals surface area contributed by atoms with Crippen molar-refractivity contribution in [1.29, 1.82) is 0 Å². The van der Waals surface area contributed by atoms with E-state index >= 15 is 0 Å². The number of non-ortho nitro benzene ring substituents is 1. The standard InChI is InChI=1S/C32H31N3O6/c1-18-8-11-23(12-9-18)34-32(37)29-19(2)33-25-15-22(20-10-13-27(40-3)28(17-20)41-4)16-26(36)31(25)30(29)21-6-5-7-24(14-21)35(38)39/h5-14,17,22,30,33H,15-16H2,1-4H3,(H,34,37). The van der Waals surface area contributed by atoms with E-state index < -0.39 is 10.8 Å². The third kappa shape index (κ3) is 5.43. The molecule has 0 radical (unpaired) electrons. The lowest BCUT2D eigenvalue weighted by atomic mass is 9.71. The van der Waals surface area contributed by atoms with Gasteiger partial charge in [0.15, 0.2) is 17.3 Å². The number of aryl methyl sites for hydroxylation is 1. The number of hydrogen-bond donors (Lipinski definition) is 2. The second-order valence-electron chi connectivity index (χ2n) is 10.3. The van der Waals surface area contributed by atoms with Crippen molar-refractivity contribution in [2.75, 3.05) is 19.5 Å². The van der Waals surface area contributed by atoms with E-state index in [-0.39, 0.29) is 29.7 Å². The van der Waals surface area contributed by atoms with Crippen molar-refractivity contribution in [3.63, 3.8) is 0 Å². The Morgan fingerprint density at radius 1 is 0.951 bits per heavy atom. The predicted molar refractivity (Wildman–Crippen MR) is 155 cm³/mol. The Hall–Kier alpha value is -4.92. The minimum atomic E-state index is -0.768. The highest BCUT2D eigenvalue weighted by atomic mass is 16.6. The number of ether oxygens (including phenoxy) is 2. The molecule has 0 bridgehead atoms. The van der Waals surface area contributed by atoms with Gasteiger partial charge >= 0.3 is 0 Å². The maximum absolute atomic E-state index is 13.9. The lowest BCUT2D eigenvalue weighted by molar-refractivity contribution is -0.384. The number of Topliss-reactive ketones (excluding diaryl/α,β-unsaturated/α-hetero) is 1. The van der Waals surface area contributed by atoms with E-state index in [1.807, 2.05) is 49.4 Å². The van der Waals surface area contributed by atoms with Crippen LogP contribution in [-0.4, -0.2) is 30.8 Å². The average molecular weight is 554 g/mol. The fourth-order valence-corrected chi connectivity index (χ4v) is 5.67. The molecule has 41 heavy (non-hydrogen) atoms. The monoisotopic (exact) mass is 553 g/mol. The zero-order valence-corrected chi connectivity index (χ0v) is 23.3. The number of carbonyl (C=O) groups is 2. The van der Waals surface area contributed by atoms with Crippen LogP contribution in [-0.2, 0) is 9.59 Å². The van der Waals surface area contributed by atoms with Gasteiger partial charge in [0, 0.05) is 52.7 Å². The number of amides is 1. The highest BCUT2D eigenvalue weighted by Crippen LogP contribution is 2.47. The van der Waals surface area contributed by atoms with Crippen LogP contribution in [0.5, 0.6) is 11.5 Å². The number of nitro benzene ring substituents is 1. The summed E-state index contributed by atoms with van der Waals surface area (Å²) in [5.41, 5.74) is 5.11. The molecule has 1 aliphatic carbocycles. The maximum Gasteiger partial charge on any atom is 0.269 e. The van der Waals surface area contributed by atoms with Crippen molar-refractivity contribution in [2.24, 2.45) is 0 Å². The first-order chi connectivity index (χ1) is 19.7. The number of anilines is 1. The Kier molecular flexibility index (Phi) is 7.61. The zero-order valence-electron chi connectivity index (χ0n) is 23.3. The van der Waals surface area contributed by atoms with E-state index in [1.165, 1.54) is 12.1 Å². The van der Waals surface area contributed by atoms with E-state index in [4.69, 9.17) is 9.47 Å². The minimum Gasteiger partial charge on any atom is -0.493 e. The van der Waals surface area contributed by atoms with Crippen LogP contribution in [0, 0.1) is 17.0 Å². The zero-order chi connectivity index (χ0) is 29.3. The van der Waals surface area contributed by atoms with Gasteiger partial charge in [0.2, 0.25) is 0 Å². The molecule has 9 heteroatoms. The third-order valence-corrected chi connectivity index (χ3v) is 7.68. The number of nitro groups is 1. The largest absolute Gasteiger partial charge is 0.493 e. The Morgan fingerprint density at radius 3 is 2.37 bits per heavy atom. The average Bonchev–Trinajstić information content (AvgIpc) is 2.97. The Morgan fingerprint density at radius 2 is 1.68 bits per heavy atom. The molecule has 2 atom stereocenters. The predicted octanol–water partition coefficient (Wildman–Crippen LogP) is 5.92. The Balaban J connectivity index is 1.57. The molecule has 1 amide bonds. The van der Waals surface area contributed by atoms with Crippen LogP contribution in [0.1, 0.15) is 48.3 Å². The smallest absolute Gasteiger partial charge is 0.269 e. The summed E-state index contributed by atoms with van der Waals surface area (Å²) < 4.78 is 10.8. The normalized spacial score (nSPS) is 18.4. The molecule has 0 spiro atoms. The number of nitrogens with one attached hydrogen (secondary N) is 2. The summed E-state index contributed by atoms with van der Waals surface area (Å²) in [6, 6.07) is 19.2. The number of benzene rings is 3. The topological polar surface area (TPSA) is 120 Å². The fourth-order valence-electron chi connectivity index (χ4n) is 5.67. The van der Waals surface area contributed by atoms with Crippen LogP contribution in [0.25, 0.3) is 0 Å². The first kappa shape index (κ1) is 27.6. The summed E-state index contributed by atoms with van der Waals surface area (Å²) in [5.74, 6) is -0.220. The summed E-state index contributed by atoms with van der Waals surface area (Å²) >= 11 is 0. The Labute approximate surface area is 238 Å². The molecule has 0 aromatic heterocycles. The van der Waals surface area contributed by atoms with Crippen LogP contribution in [0.2, 0.25) is 0 Å². The molecule has 3 aromatic carbocycles. The third-order valence-electron chi connectivity index (χ3n) is 7.68. The minimum absolute atomic E-state index is 0.106. The van der Waals surface area contributed by atoms with Gasteiger partial charge in [0.25, 0.3) is 11.6 Å². The van der Waals surface area contributed by atoms with Crippen molar-refractivity contribution >= 4 is 23.1 Å². The number of allylic oxidation sites excluding steroid dienone is 3. The van der Waals surface area contributed by atoms with Crippen LogP contribution in [0.15, 0.2) is 89.3 Å². The summed E-state index contributed by atoms with van der Waals surface area (Å²) in [4.78, 5) is 38.8. The second-order valence-corrected chi connectivity index (χ2v) is 10.3. The van der Waals surface area contributed by atoms with Crippen molar-refractivity contribution < 1.29 is 24.0 Å². The summed E-state index contributed by atoms with van der Waals surface area (Å²) in [5, 5.41) is 17.9. The molecule has 210 valence electrons. The van der Waals surface area contributed by atoms with Crippen molar-refractivity contribution in [3.8, 4) is 11.5 Å². The molecule has 1 aliphatic heterocycles. The summed E-state index contributed by atoms with van der Waals surface area (Å²) in [7, 11) is 3.14. The summed E-state index contributed by atoms with van der Waals surface area (Å²) in [6.07, 6.45) is 0.736. The van der Waals surface area contributed by atoms with Gasteiger partial charge in [-0.25, -0.2) is 0 Å². The first-order valence-corrected chi connectivity index (χ1v) is 13.3. The van der Waals surface area contributed by atoms with Gasteiger partial charge in [-0.3, -0.25) is 19.7 Å². The number of nitrogens with zero attached hydrogens (tertiary/aromatic N) is 1. The molecular formula is C32H31N3O6. The molecule has 2 unspecified atom stereocenters. The molecule has 9 nitrogen and oxygen atoms in total. The second kappa shape index (κ2) is 11.3. The van der Waals surface area contributed by atoms with Crippen LogP contribution in [0.3, 0.4) is 0 Å². The van der Waals surface area contributed by atoms with Gasteiger partial charge in [0.05, 0.1) is 19.1 Å². The van der Waals surface area contributed by atoms with Gasteiger partial charge in [-0.2, -0.15) is 0 Å². The summed E-state index contributed by atoms with van der Waals surface area (Å²) in [6.45, 7) is 3.75. The maximum atomic E-state index is 13.9. The SMILES string of the molecule is COc1ccc(C2CC(=O)C3=C(C2)NC(C)=C(C(=O)Nc2ccc(C)cc2)C3c2cccc([N+](=O)[O-])c2)cc1OC. The molecule has 1 heterocycles. The molecule has 2 aliphatic rings. The molecule has 0 saturated heterocycles. The van der Waals surface area contributed by atoms with Crippen LogP contribution in [0.4, 0.5) is 11.4 Å². The molecule has 3 aromatic rings. The fraction of sp³-hybridized carbons (Fsp3) is 0.250. The molecule has 2 N–H and O–H groups in total. The first-order valence-electron chi connectivity index (χ1n) is 13.3. The Bertz CT molecular complexity index is 1610. The number of carbonyl (C=O) groups excluding carboxylic acids is 2. The van der Waals surface area contributed by atoms with E-state index in [1.54, 1.807) is 33.3 Å². The quantitative estimate of drug-likeness (QED) is 0.275. The molecule has 5 rings (SSSR count). The number of rotatable bonds is 7. The van der Waals surface area contributed by atoms with E-state index in [0.29, 0.717) is 51.7 Å². The van der Waals surface area contributed by atoms with Crippen LogP contribution < -0.4 is 20.1 Å². The molecule has 0 fully saturated rings. The lowest BCUT2D eigenvalue weighted by Crippen LogP contribution is -2.37. The highest BCUT2D eigenvalue weighted by Gasteiger charge is 2.41. The number of dihydropyridines is 1. The number of methoxy groups -OCH3 is 2. The van der Waals surface area contributed by atoms with Gasteiger partial charge in [-0.05, 0) is 61.6 Å². The van der Waals surface area contributed by atoms with Crippen molar-refractivity contribution in [2.45, 2.75) is 38.5 Å². The highest BCUT2D eigenvalue weighted by molar-refractivity contribution is 6.10. The molecular weight excluding hydrogens is 522 g/mol. The van der Waals surface area contributed by atoms with E-state index in [9.17, 15) is 19.7 Å². The number of hydrogen-bond acceptors (Lipinski definition) is 7.